The van der Waals surface area contributed by atoms with Gasteiger partial charge in [0.15, 0.2) is 5.13 Å². The lowest BCUT2D eigenvalue weighted by Crippen LogP contribution is -2.37. The number of benzene rings is 1. The Balaban J connectivity index is 1.40. The van der Waals surface area contributed by atoms with E-state index in [0.717, 1.165) is 54.9 Å². The van der Waals surface area contributed by atoms with Gasteiger partial charge in [-0.15, -0.1) is 11.3 Å². The summed E-state index contributed by atoms with van der Waals surface area (Å²) in [6.45, 7) is 3.82. The Morgan fingerprint density at radius 3 is 2.76 bits per heavy atom. The molecule has 0 bridgehead atoms. The van der Waals surface area contributed by atoms with E-state index in [-0.39, 0.29) is 6.04 Å². The van der Waals surface area contributed by atoms with Crippen molar-refractivity contribution in [3.05, 3.63) is 45.5 Å². The van der Waals surface area contributed by atoms with Crippen molar-refractivity contribution in [2.75, 3.05) is 18.9 Å². The first kappa shape index (κ1) is 20.0. The highest BCUT2D eigenvalue weighted by atomic mass is 32.1. The van der Waals surface area contributed by atoms with Gasteiger partial charge in [-0.2, -0.15) is 0 Å². The SMILES string of the molecule is CCC(NC(=O)C(=O)Nc1nc2c(s1)CN(C)CC2)c1ccc2c(c1)CCCC2. The van der Waals surface area contributed by atoms with E-state index in [1.807, 2.05) is 6.92 Å². The highest BCUT2D eigenvalue weighted by molar-refractivity contribution is 7.16. The van der Waals surface area contributed by atoms with E-state index in [9.17, 15) is 9.59 Å². The lowest BCUT2D eigenvalue weighted by Gasteiger charge is -2.21. The van der Waals surface area contributed by atoms with Crippen LogP contribution in [-0.4, -0.2) is 35.3 Å². The van der Waals surface area contributed by atoms with Gasteiger partial charge in [0, 0.05) is 24.4 Å². The van der Waals surface area contributed by atoms with E-state index in [2.05, 4.69) is 45.8 Å². The predicted molar refractivity (Wildman–Crippen MR) is 115 cm³/mol. The lowest BCUT2D eigenvalue weighted by atomic mass is 9.89. The molecule has 2 N–H and O–H groups in total. The number of carbonyl (C=O) groups excluding carboxylic acids is 2. The third-order valence-corrected chi connectivity index (χ3v) is 6.84. The average molecular weight is 413 g/mol. The zero-order valence-electron chi connectivity index (χ0n) is 17.1. The summed E-state index contributed by atoms with van der Waals surface area (Å²) >= 11 is 1.46. The van der Waals surface area contributed by atoms with Gasteiger partial charge in [0.25, 0.3) is 0 Å². The number of carbonyl (C=O) groups is 2. The number of fused-ring (bicyclic) bond motifs is 2. The number of aromatic nitrogens is 1. The van der Waals surface area contributed by atoms with Gasteiger partial charge in [0.05, 0.1) is 11.7 Å². The van der Waals surface area contributed by atoms with Crippen LogP contribution in [-0.2, 0) is 35.4 Å². The van der Waals surface area contributed by atoms with E-state index in [4.69, 9.17) is 0 Å². The fraction of sp³-hybridized carbons (Fsp3) is 0.500. The molecule has 29 heavy (non-hydrogen) atoms. The summed E-state index contributed by atoms with van der Waals surface area (Å²) in [6, 6.07) is 6.29. The second-order valence-electron chi connectivity index (χ2n) is 8.00. The summed E-state index contributed by atoms with van der Waals surface area (Å²) in [7, 11) is 2.07. The minimum absolute atomic E-state index is 0.168. The molecule has 1 atom stereocenters. The molecule has 154 valence electrons. The first-order valence-electron chi connectivity index (χ1n) is 10.4. The maximum atomic E-state index is 12.5. The molecule has 0 radical (unpaired) electrons. The van der Waals surface area contributed by atoms with Crippen LogP contribution in [0.1, 0.15) is 59.5 Å². The molecule has 2 amide bonds. The standard InChI is InChI=1S/C22H28N4O2S/c1-3-17(16-9-8-14-6-4-5-7-15(14)12-16)23-20(27)21(28)25-22-24-18-10-11-26(2)13-19(18)29-22/h8-9,12,17H,3-7,10-11,13H2,1-2H3,(H,23,27)(H,24,25,28). The molecule has 4 rings (SSSR count). The lowest BCUT2D eigenvalue weighted by molar-refractivity contribution is -0.136. The van der Waals surface area contributed by atoms with Crippen molar-refractivity contribution in [3.8, 4) is 0 Å². The molecular weight excluding hydrogens is 384 g/mol. The summed E-state index contributed by atoms with van der Waals surface area (Å²) in [5, 5.41) is 6.09. The first-order chi connectivity index (χ1) is 14.0. The third-order valence-electron chi connectivity index (χ3n) is 5.84. The Bertz CT molecular complexity index is 924. The van der Waals surface area contributed by atoms with Crippen LogP contribution in [0.15, 0.2) is 18.2 Å². The van der Waals surface area contributed by atoms with Gasteiger partial charge in [-0.1, -0.05) is 25.1 Å². The number of hydrogen-bond acceptors (Lipinski definition) is 5. The Kier molecular flexibility index (Phi) is 5.96. The normalized spacial score (nSPS) is 17.2. The number of anilines is 1. The number of likely N-dealkylation sites (N-methyl/N-ethyl adjacent to an activating group) is 1. The minimum Gasteiger partial charge on any atom is -0.341 e. The smallest absolute Gasteiger partial charge is 0.315 e. The van der Waals surface area contributed by atoms with E-state index in [1.54, 1.807) is 0 Å². The van der Waals surface area contributed by atoms with Gasteiger partial charge in [-0.05, 0) is 55.8 Å². The maximum absolute atomic E-state index is 12.5. The first-order valence-corrected chi connectivity index (χ1v) is 11.3. The summed E-state index contributed by atoms with van der Waals surface area (Å²) < 4.78 is 0. The highest BCUT2D eigenvalue weighted by Crippen LogP contribution is 2.28. The Morgan fingerprint density at radius 1 is 1.17 bits per heavy atom. The minimum atomic E-state index is -0.652. The molecule has 0 spiro atoms. The molecule has 1 aromatic heterocycles. The van der Waals surface area contributed by atoms with E-state index in [0.29, 0.717) is 5.13 Å². The second-order valence-corrected chi connectivity index (χ2v) is 9.08. The number of thiazole rings is 1. The van der Waals surface area contributed by atoms with Crippen LogP contribution in [0.3, 0.4) is 0 Å². The van der Waals surface area contributed by atoms with Gasteiger partial charge < -0.3 is 10.2 Å². The van der Waals surface area contributed by atoms with Gasteiger partial charge in [0.1, 0.15) is 0 Å². The molecule has 1 unspecified atom stereocenters. The van der Waals surface area contributed by atoms with Crippen LogP contribution < -0.4 is 10.6 Å². The van der Waals surface area contributed by atoms with Crippen molar-refractivity contribution in [1.29, 1.82) is 0 Å². The van der Waals surface area contributed by atoms with Crippen molar-refractivity contribution in [3.63, 3.8) is 0 Å². The zero-order valence-corrected chi connectivity index (χ0v) is 17.9. The molecule has 0 saturated heterocycles. The number of amides is 2. The van der Waals surface area contributed by atoms with E-state index >= 15 is 0 Å². The monoisotopic (exact) mass is 412 g/mol. The molecular formula is C22H28N4O2S. The fourth-order valence-electron chi connectivity index (χ4n) is 4.15. The quantitative estimate of drug-likeness (QED) is 0.756. The van der Waals surface area contributed by atoms with E-state index < -0.39 is 11.8 Å². The molecule has 0 fully saturated rings. The van der Waals surface area contributed by atoms with Crippen LogP contribution in [0.4, 0.5) is 5.13 Å². The van der Waals surface area contributed by atoms with Crippen molar-refractivity contribution in [2.24, 2.45) is 0 Å². The molecule has 1 aliphatic heterocycles. The van der Waals surface area contributed by atoms with Gasteiger partial charge in [0.2, 0.25) is 0 Å². The topological polar surface area (TPSA) is 74.3 Å². The van der Waals surface area contributed by atoms with Crippen LogP contribution >= 0.6 is 11.3 Å². The summed E-state index contributed by atoms with van der Waals surface area (Å²) in [5.74, 6) is -1.26. The maximum Gasteiger partial charge on any atom is 0.315 e. The molecule has 1 aliphatic carbocycles. The molecule has 2 heterocycles. The highest BCUT2D eigenvalue weighted by Gasteiger charge is 2.23. The third kappa shape index (κ3) is 4.51. The molecule has 7 heteroatoms. The van der Waals surface area contributed by atoms with Crippen molar-refractivity contribution in [1.82, 2.24) is 15.2 Å². The number of rotatable bonds is 4. The number of aryl methyl sites for hydroxylation is 2. The number of nitrogens with one attached hydrogen (secondary N) is 2. The van der Waals surface area contributed by atoms with Crippen LogP contribution in [0.5, 0.6) is 0 Å². The van der Waals surface area contributed by atoms with Crippen molar-refractivity contribution in [2.45, 2.75) is 58.0 Å². The predicted octanol–water partition coefficient (Wildman–Crippen LogP) is 3.22. The zero-order chi connectivity index (χ0) is 20.4. The summed E-state index contributed by atoms with van der Waals surface area (Å²) in [5.41, 5.74) is 4.90. The molecule has 1 aromatic carbocycles. The van der Waals surface area contributed by atoms with E-state index in [1.165, 1.54) is 35.3 Å². The van der Waals surface area contributed by atoms with Crippen molar-refractivity contribution < 1.29 is 9.59 Å². The summed E-state index contributed by atoms with van der Waals surface area (Å²) in [6.07, 6.45) is 6.30. The molecule has 2 aromatic rings. The Labute approximate surface area is 175 Å². The Hall–Kier alpha value is -2.25. The number of hydrogen-bond donors (Lipinski definition) is 2. The van der Waals surface area contributed by atoms with Gasteiger partial charge in [-0.3, -0.25) is 14.9 Å². The van der Waals surface area contributed by atoms with Gasteiger partial charge >= 0.3 is 11.8 Å². The molecule has 2 aliphatic rings. The van der Waals surface area contributed by atoms with Crippen molar-refractivity contribution >= 4 is 28.3 Å². The fourth-order valence-corrected chi connectivity index (χ4v) is 5.23. The Morgan fingerprint density at radius 2 is 1.97 bits per heavy atom. The van der Waals surface area contributed by atoms with Gasteiger partial charge in [-0.25, -0.2) is 4.98 Å². The second kappa shape index (κ2) is 8.63. The van der Waals surface area contributed by atoms with Crippen LogP contribution in [0.2, 0.25) is 0 Å². The van der Waals surface area contributed by atoms with Crippen LogP contribution in [0.25, 0.3) is 0 Å². The largest absolute Gasteiger partial charge is 0.341 e. The van der Waals surface area contributed by atoms with Crippen LogP contribution in [0, 0.1) is 0 Å². The molecule has 0 saturated carbocycles. The average Bonchev–Trinajstić information content (AvgIpc) is 3.12. The molecule has 6 nitrogen and oxygen atoms in total. The summed E-state index contributed by atoms with van der Waals surface area (Å²) in [4.78, 5) is 32.8. The number of nitrogens with zero attached hydrogens (tertiary/aromatic N) is 2.